The molecule has 1 amide bonds. The number of amides is 1. The lowest BCUT2D eigenvalue weighted by atomic mass is 10.2. The van der Waals surface area contributed by atoms with Gasteiger partial charge in [-0.3, -0.25) is 4.79 Å². The number of nitrogens with zero attached hydrogens (tertiary/aromatic N) is 2. The van der Waals surface area contributed by atoms with Crippen LogP contribution in [0.1, 0.15) is 15.2 Å². The van der Waals surface area contributed by atoms with Gasteiger partial charge in [0.25, 0.3) is 5.91 Å². The van der Waals surface area contributed by atoms with Crippen molar-refractivity contribution in [3.63, 3.8) is 0 Å². The normalized spacial score (nSPS) is 15.0. The Morgan fingerprint density at radius 1 is 1.26 bits per heavy atom. The van der Waals surface area contributed by atoms with Crippen molar-refractivity contribution >= 4 is 28.5 Å². The van der Waals surface area contributed by atoms with Gasteiger partial charge in [-0.15, -0.1) is 11.3 Å². The maximum atomic E-state index is 11.9. The molecule has 0 saturated carbocycles. The molecule has 6 nitrogen and oxygen atoms in total. The molecule has 2 N–H and O–H groups in total. The summed E-state index contributed by atoms with van der Waals surface area (Å²) >= 11 is 1.61. The van der Waals surface area contributed by atoms with E-state index in [1.807, 2.05) is 12.1 Å². The van der Waals surface area contributed by atoms with E-state index in [2.05, 4.69) is 15.4 Å². The van der Waals surface area contributed by atoms with E-state index in [1.54, 1.807) is 35.8 Å². The third kappa shape index (κ3) is 3.88. The molecule has 120 valence electrons. The highest BCUT2D eigenvalue weighted by molar-refractivity contribution is 7.17. The molecule has 0 unspecified atom stereocenters. The van der Waals surface area contributed by atoms with Gasteiger partial charge in [0, 0.05) is 18.0 Å². The molecule has 1 aromatic carbocycles. The van der Waals surface area contributed by atoms with E-state index in [-0.39, 0.29) is 11.3 Å². The summed E-state index contributed by atoms with van der Waals surface area (Å²) in [5.41, 5.74) is 2.62. The Kier molecular flexibility index (Phi) is 4.89. The van der Waals surface area contributed by atoms with Gasteiger partial charge in [-0.2, -0.15) is 5.10 Å². The van der Waals surface area contributed by atoms with E-state index < -0.39 is 5.91 Å². The maximum absolute atomic E-state index is 11.9. The molecule has 1 aromatic heterocycles. The highest BCUT2D eigenvalue weighted by atomic mass is 32.1. The number of phenols is 1. The Hall–Kier alpha value is -2.38. The first-order valence-corrected chi connectivity index (χ1v) is 8.09. The molecule has 0 spiro atoms. The number of carbonyl (C=O) groups is 1. The second-order valence-corrected chi connectivity index (χ2v) is 6.09. The zero-order valence-corrected chi connectivity index (χ0v) is 13.3. The number of hydrogen-bond donors (Lipinski definition) is 2. The summed E-state index contributed by atoms with van der Waals surface area (Å²) in [4.78, 5) is 15.1. The van der Waals surface area contributed by atoms with Gasteiger partial charge < -0.3 is 14.7 Å². The van der Waals surface area contributed by atoms with Gasteiger partial charge in [0.05, 0.1) is 30.0 Å². The number of ether oxygens (including phenoxy) is 1. The smallest absolute Gasteiger partial charge is 0.275 e. The number of aromatic hydroxyl groups is 1. The second kappa shape index (κ2) is 7.26. The van der Waals surface area contributed by atoms with Crippen LogP contribution in [0.15, 0.2) is 41.5 Å². The minimum absolute atomic E-state index is 0.0640. The summed E-state index contributed by atoms with van der Waals surface area (Å²) in [6.07, 6.45) is 1.60. The van der Waals surface area contributed by atoms with Crippen LogP contribution in [0.5, 0.6) is 5.75 Å². The summed E-state index contributed by atoms with van der Waals surface area (Å²) < 4.78 is 5.34. The third-order valence-corrected chi connectivity index (χ3v) is 4.52. The van der Waals surface area contributed by atoms with Crippen LogP contribution in [0.4, 0.5) is 5.00 Å². The van der Waals surface area contributed by atoms with Gasteiger partial charge in [-0.1, -0.05) is 12.1 Å². The molecule has 3 rings (SSSR count). The first-order valence-electron chi connectivity index (χ1n) is 7.28. The molecule has 0 aliphatic carbocycles. The number of benzene rings is 1. The molecule has 1 aliphatic rings. The number of hydrazone groups is 1. The van der Waals surface area contributed by atoms with Crippen LogP contribution in [0.3, 0.4) is 0 Å². The van der Waals surface area contributed by atoms with Crippen molar-refractivity contribution in [2.75, 3.05) is 31.2 Å². The monoisotopic (exact) mass is 331 g/mol. The van der Waals surface area contributed by atoms with Gasteiger partial charge in [0.15, 0.2) is 0 Å². The average molecular weight is 331 g/mol. The molecular weight excluding hydrogens is 314 g/mol. The van der Waals surface area contributed by atoms with Gasteiger partial charge in [-0.25, -0.2) is 5.43 Å². The van der Waals surface area contributed by atoms with Crippen molar-refractivity contribution in [3.8, 4) is 5.75 Å². The lowest BCUT2D eigenvalue weighted by Gasteiger charge is -2.27. The Morgan fingerprint density at radius 2 is 2.04 bits per heavy atom. The SMILES string of the molecule is O=C(N/N=C/c1ccc(N2CCOCC2)s1)c1ccccc1O. The average Bonchev–Trinajstić information content (AvgIpc) is 3.05. The van der Waals surface area contributed by atoms with Crippen LogP contribution in [0, 0.1) is 0 Å². The zero-order valence-electron chi connectivity index (χ0n) is 12.4. The number of morpholine rings is 1. The maximum Gasteiger partial charge on any atom is 0.275 e. The standard InChI is InChI=1S/C16H17N3O3S/c20-14-4-2-1-3-13(14)16(21)18-17-11-12-5-6-15(23-12)19-7-9-22-10-8-19/h1-6,11,20H,7-10H2,(H,18,21)/b17-11+. The van der Waals surface area contributed by atoms with E-state index >= 15 is 0 Å². The Labute approximate surface area is 138 Å². The fraction of sp³-hybridized carbons (Fsp3) is 0.250. The predicted octanol–water partition coefficient (Wildman–Crippen LogP) is 2.05. The second-order valence-electron chi connectivity index (χ2n) is 4.99. The van der Waals surface area contributed by atoms with Gasteiger partial charge in [0.2, 0.25) is 0 Å². The summed E-state index contributed by atoms with van der Waals surface area (Å²) in [5.74, 6) is -0.504. The summed E-state index contributed by atoms with van der Waals surface area (Å²) in [5, 5.41) is 14.7. The number of para-hydroxylation sites is 1. The lowest BCUT2D eigenvalue weighted by molar-refractivity contribution is 0.0952. The summed E-state index contributed by atoms with van der Waals surface area (Å²) in [6.45, 7) is 3.28. The van der Waals surface area contributed by atoms with Crippen molar-refractivity contribution in [2.45, 2.75) is 0 Å². The van der Waals surface area contributed by atoms with Gasteiger partial charge in [0.1, 0.15) is 5.75 Å². The molecule has 2 aromatic rings. The van der Waals surface area contributed by atoms with Crippen molar-refractivity contribution in [3.05, 3.63) is 46.8 Å². The number of hydrogen-bond acceptors (Lipinski definition) is 6. The molecule has 23 heavy (non-hydrogen) atoms. The Morgan fingerprint density at radius 3 is 2.83 bits per heavy atom. The minimum atomic E-state index is -0.440. The summed E-state index contributed by atoms with van der Waals surface area (Å²) in [7, 11) is 0. The van der Waals surface area contributed by atoms with Crippen LogP contribution in [-0.2, 0) is 4.74 Å². The van der Waals surface area contributed by atoms with Crippen LogP contribution < -0.4 is 10.3 Å². The van der Waals surface area contributed by atoms with E-state index in [4.69, 9.17) is 4.74 Å². The van der Waals surface area contributed by atoms with Gasteiger partial charge in [-0.05, 0) is 24.3 Å². The molecule has 1 fully saturated rings. The van der Waals surface area contributed by atoms with Crippen LogP contribution >= 0.6 is 11.3 Å². The molecule has 7 heteroatoms. The molecule has 2 heterocycles. The number of nitrogens with one attached hydrogen (secondary N) is 1. The van der Waals surface area contributed by atoms with E-state index in [0.29, 0.717) is 0 Å². The van der Waals surface area contributed by atoms with Crippen LogP contribution in [0.2, 0.25) is 0 Å². The molecule has 0 radical (unpaired) electrons. The van der Waals surface area contributed by atoms with E-state index in [0.717, 1.165) is 31.2 Å². The van der Waals surface area contributed by atoms with Crippen LogP contribution in [0.25, 0.3) is 0 Å². The first-order chi connectivity index (χ1) is 11.2. The first kappa shape index (κ1) is 15.5. The van der Waals surface area contributed by atoms with Crippen molar-refractivity contribution in [1.82, 2.24) is 5.43 Å². The van der Waals surface area contributed by atoms with Crippen LogP contribution in [-0.4, -0.2) is 43.5 Å². The van der Waals surface area contributed by atoms with Gasteiger partial charge >= 0.3 is 0 Å². The van der Waals surface area contributed by atoms with Crippen molar-refractivity contribution in [1.29, 1.82) is 0 Å². The highest BCUT2D eigenvalue weighted by Gasteiger charge is 2.13. The number of carbonyl (C=O) groups excluding carboxylic acids is 1. The predicted molar refractivity (Wildman–Crippen MR) is 90.5 cm³/mol. The zero-order chi connectivity index (χ0) is 16.1. The van der Waals surface area contributed by atoms with E-state index in [9.17, 15) is 9.90 Å². The molecule has 0 atom stereocenters. The molecule has 0 bridgehead atoms. The topological polar surface area (TPSA) is 74.2 Å². The Bertz CT molecular complexity index is 708. The largest absolute Gasteiger partial charge is 0.507 e. The molecule has 1 aliphatic heterocycles. The molecule has 1 saturated heterocycles. The van der Waals surface area contributed by atoms with Crippen molar-refractivity contribution in [2.24, 2.45) is 5.10 Å². The number of anilines is 1. The molecular formula is C16H17N3O3S. The highest BCUT2D eigenvalue weighted by Crippen LogP contribution is 2.25. The van der Waals surface area contributed by atoms with Crippen molar-refractivity contribution < 1.29 is 14.6 Å². The van der Waals surface area contributed by atoms with E-state index in [1.165, 1.54) is 11.1 Å². The lowest BCUT2D eigenvalue weighted by Crippen LogP contribution is -2.35. The minimum Gasteiger partial charge on any atom is -0.507 e. The fourth-order valence-electron chi connectivity index (χ4n) is 2.25. The number of rotatable bonds is 4. The number of thiophene rings is 1. The fourth-order valence-corrected chi connectivity index (χ4v) is 3.18. The summed E-state index contributed by atoms with van der Waals surface area (Å²) in [6, 6.07) is 10.4. The third-order valence-electron chi connectivity index (χ3n) is 3.44. The quantitative estimate of drug-likeness (QED) is 0.664. The number of phenolic OH excluding ortho intramolecular Hbond substituents is 1. The Balaban J connectivity index is 1.59.